The molecule has 1 atom stereocenters. The molecule has 27 heavy (non-hydrogen) atoms. The number of primary amides is 1. The van der Waals surface area contributed by atoms with Crippen LogP contribution in [0.1, 0.15) is 23.2 Å². The number of piperidine rings is 1. The number of para-hydroxylation sites is 1. The summed E-state index contributed by atoms with van der Waals surface area (Å²) in [6.45, 7) is -0.107. The maximum atomic E-state index is 12.1. The van der Waals surface area contributed by atoms with E-state index >= 15 is 0 Å². The lowest BCUT2D eigenvalue weighted by Gasteiger charge is -2.31. The fourth-order valence-corrected chi connectivity index (χ4v) is 2.80. The summed E-state index contributed by atoms with van der Waals surface area (Å²) in [5, 5.41) is 2.42. The number of nitrogens with two attached hydrogens (primary N) is 1. The largest absolute Gasteiger partial charge is 0.496 e. The van der Waals surface area contributed by atoms with E-state index in [1.54, 1.807) is 24.3 Å². The maximum absolute atomic E-state index is 12.1. The molecule has 0 radical (unpaired) electrons. The molecule has 1 fully saturated rings. The highest BCUT2D eigenvalue weighted by molar-refractivity contribution is 5.98. The summed E-state index contributed by atoms with van der Waals surface area (Å²) >= 11 is 0. The zero-order chi connectivity index (χ0) is 19.8. The van der Waals surface area contributed by atoms with Crippen LogP contribution in [0.3, 0.4) is 0 Å². The molecule has 9 heteroatoms. The van der Waals surface area contributed by atoms with Gasteiger partial charge in [-0.15, -0.1) is 0 Å². The van der Waals surface area contributed by atoms with Crippen molar-refractivity contribution in [3.05, 3.63) is 29.8 Å². The number of carbonyl (C=O) groups is 4. The van der Waals surface area contributed by atoms with E-state index in [4.69, 9.17) is 15.2 Å². The summed E-state index contributed by atoms with van der Waals surface area (Å²) in [4.78, 5) is 48.7. The molecule has 0 aromatic heterocycles. The van der Waals surface area contributed by atoms with Crippen LogP contribution in [-0.4, -0.2) is 61.9 Å². The molecule has 1 aromatic carbocycles. The Kier molecular flexibility index (Phi) is 7.16. The summed E-state index contributed by atoms with van der Waals surface area (Å²) in [6, 6.07) is 6.59. The molecule has 1 saturated heterocycles. The Balaban J connectivity index is 1.76. The van der Waals surface area contributed by atoms with Crippen LogP contribution in [0.5, 0.6) is 5.75 Å². The molecular formula is C18H23N3O6. The van der Waals surface area contributed by atoms with Gasteiger partial charge in [0, 0.05) is 13.1 Å². The van der Waals surface area contributed by atoms with Crippen LogP contribution in [0.25, 0.3) is 0 Å². The number of hydrogen-bond acceptors (Lipinski definition) is 6. The van der Waals surface area contributed by atoms with Crippen molar-refractivity contribution in [1.29, 1.82) is 0 Å². The van der Waals surface area contributed by atoms with Gasteiger partial charge in [0.1, 0.15) is 12.3 Å². The van der Waals surface area contributed by atoms with Gasteiger partial charge >= 0.3 is 5.97 Å². The SMILES string of the molecule is COc1ccccc1C(=O)NCC(=O)OCC(=O)N1CCC[C@H](C(N)=O)C1. The number of nitrogens with zero attached hydrogens (tertiary/aromatic N) is 1. The van der Waals surface area contributed by atoms with Crippen molar-refractivity contribution in [2.75, 3.05) is 33.4 Å². The Hall–Kier alpha value is -3.10. The van der Waals surface area contributed by atoms with Gasteiger partial charge in [-0.25, -0.2) is 0 Å². The van der Waals surface area contributed by atoms with Gasteiger partial charge in [0.25, 0.3) is 11.8 Å². The number of benzene rings is 1. The van der Waals surface area contributed by atoms with E-state index in [1.165, 1.54) is 12.0 Å². The number of ether oxygens (including phenoxy) is 2. The fourth-order valence-electron chi connectivity index (χ4n) is 2.80. The average Bonchev–Trinajstić information content (AvgIpc) is 2.70. The normalized spacial score (nSPS) is 16.3. The third-order valence-corrected chi connectivity index (χ3v) is 4.28. The molecule has 3 N–H and O–H groups in total. The molecule has 1 aliphatic rings. The zero-order valence-corrected chi connectivity index (χ0v) is 15.1. The predicted molar refractivity (Wildman–Crippen MR) is 94.8 cm³/mol. The maximum Gasteiger partial charge on any atom is 0.325 e. The van der Waals surface area contributed by atoms with Gasteiger partial charge in [-0.05, 0) is 25.0 Å². The third kappa shape index (κ3) is 5.70. The summed E-state index contributed by atoms with van der Waals surface area (Å²) in [5.41, 5.74) is 5.56. The lowest BCUT2D eigenvalue weighted by Crippen LogP contribution is -2.45. The first-order valence-corrected chi connectivity index (χ1v) is 8.56. The van der Waals surface area contributed by atoms with E-state index in [-0.39, 0.29) is 24.6 Å². The second-order valence-corrected chi connectivity index (χ2v) is 6.12. The molecule has 0 saturated carbocycles. The van der Waals surface area contributed by atoms with E-state index in [1.807, 2.05) is 0 Å². The van der Waals surface area contributed by atoms with Crippen molar-refractivity contribution in [2.45, 2.75) is 12.8 Å². The topological polar surface area (TPSA) is 128 Å². The number of amides is 3. The molecule has 146 valence electrons. The second-order valence-electron chi connectivity index (χ2n) is 6.12. The Bertz CT molecular complexity index is 721. The Morgan fingerprint density at radius 1 is 1.26 bits per heavy atom. The monoisotopic (exact) mass is 377 g/mol. The van der Waals surface area contributed by atoms with Crippen molar-refractivity contribution < 1.29 is 28.7 Å². The lowest BCUT2D eigenvalue weighted by molar-refractivity contribution is -0.152. The molecule has 3 amide bonds. The fraction of sp³-hybridized carbons (Fsp3) is 0.444. The van der Waals surface area contributed by atoms with Gasteiger partial charge in [0.2, 0.25) is 5.91 Å². The average molecular weight is 377 g/mol. The van der Waals surface area contributed by atoms with Crippen LogP contribution in [0.4, 0.5) is 0 Å². The van der Waals surface area contributed by atoms with E-state index in [0.717, 1.165) is 0 Å². The molecule has 1 heterocycles. The summed E-state index contributed by atoms with van der Waals surface area (Å²) in [5.74, 6) is -2.06. The van der Waals surface area contributed by atoms with Crippen LogP contribution in [0, 0.1) is 5.92 Å². The number of rotatable bonds is 7. The number of carbonyl (C=O) groups excluding carboxylic acids is 4. The van der Waals surface area contributed by atoms with Gasteiger partial charge in [-0.3, -0.25) is 19.2 Å². The molecular weight excluding hydrogens is 354 g/mol. The second kappa shape index (κ2) is 9.56. The number of methoxy groups -OCH3 is 1. The molecule has 1 aliphatic heterocycles. The van der Waals surface area contributed by atoms with Gasteiger partial charge in [0.05, 0.1) is 18.6 Å². The number of esters is 1. The van der Waals surface area contributed by atoms with Crippen LogP contribution < -0.4 is 15.8 Å². The Morgan fingerprint density at radius 2 is 2.00 bits per heavy atom. The summed E-state index contributed by atoms with van der Waals surface area (Å²) in [6.07, 6.45) is 1.32. The van der Waals surface area contributed by atoms with Crippen molar-refractivity contribution in [3.63, 3.8) is 0 Å². The van der Waals surface area contributed by atoms with Crippen LogP contribution in [0.2, 0.25) is 0 Å². The lowest BCUT2D eigenvalue weighted by atomic mass is 9.97. The minimum absolute atomic E-state index is 0.232. The summed E-state index contributed by atoms with van der Waals surface area (Å²) < 4.78 is 9.99. The molecule has 9 nitrogen and oxygen atoms in total. The minimum atomic E-state index is -0.741. The molecule has 1 aromatic rings. The van der Waals surface area contributed by atoms with E-state index < -0.39 is 30.3 Å². The van der Waals surface area contributed by atoms with Gasteiger partial charge in [0.15, 0.2) is 6.61 Å². The summed E-state index contributed by atoms with van der Waals surface area (Å²) in [7, 11) is 1.44. The van der Waals surface area contributed by atoms with Crippen LogP contribution in [-0.2, 0) is 19.1 Å². The van der Waals surface area contributed by atoms with Gasteiger partial charge in [-0.1, -0.05) is 12.1 Å². The number of hydrogen-bond donors (Lipinski definition) is 2. The van der Waals surface area contributed by atoms with Crippen molar-refractivity contribution in [2.24, 2.45) is 11.7 Å². The van der Waals surface area contributed by atoms with Gasteiger partial charge in [-0.2, -0.15) is 0 Å². The van der Waals surface area contributed by atoms with Crippen molar-refractivity contribution in [3.8, 4) is 5.75 Å². The molecule has 2 rings (SSSR count). The zero-order valence-electron chi connectivity index (χ0n) is 15.1. The molecule has 0 bridgehead atoms. The third-order valence-electron chi connectivity index (χ3n) is 4.28. The minimum Gasteiger partial charge on any atom is -0.496 e. The van der Waals surface area contributed by atoms with E-state index in [2.05, 4.69) is 5.32 Å². The van der Waals surface area contributed by atoms with E-state index in [9.17, 15) is 19.2 Å². The molecule has 0 unspecified atom stereocenters. The van der Waals surface area contributed by atoms with Crippen molar-refractivity contribution in [1.82, 2.24) is 10.2 Å². The quantitative estimate of drug-likeness (QED) is 0.628. The number of likely N-dealkylation sites (tertiary alicyclic amines) is 1. The standard InChI is InChI=1S/C18H23N3O6/c1-26-14-7-3-2-6-13(14)18(25)20-9-16(23)27-11-15(22)21-8-4-5-12(10-21)17(19)24/h2-3,6-7,12H,4-5,8-11H2,1H3,(H2,19,24)(H,20,25)/t12-/m0/s1. The number of nitrogens with one attached hydrogen (secondary N) is 1. The smallest absolute Gasteiger partial charge is 0.325 e. The highest BCUT2D eigenvalue weighted by Crippen LogP contribution is 2.17. The Labute approximate surface area is 156 Å². The first kappa shape index (κ1) is 20.2. The van der Waals surface area contributed by atoms with Gasteiger partial charge < -0.3 is 25.4 Å². The molecule has 0 aliphatic carbocycles. The van der Waals surface area contributed by atoms with Crippen LogP contribution >= 0.6 is 0 Å². The van der Waals surface area contributed by atoms with Crippen LogP contribution in [0.15, 0.2) is 24.3 Å². The highest BCUT2D eigenvalue weighted by atomic mass is 16.5. The first-order chi connectivity index (χ1) is 12.9. The first-order valence-electron chi connectivity index (χ1n) is 8.56. The van der Waals surface area contributed by atoms with E-state index in [0.29, 0.717) is 25.1 Å². The predicted octanol–water partition coefficient (Wildman–Crippen LogP) is -0.308. The van der Waals surface area contributed by atoms with Crippen molar-refractivity contribution >= 4 is 23.7 Å². The molecule has 0 spiro atoms. The Morgan fingerprint density at radius 3 is 2.70 bits per heavy atom. The highest BCUT2D eigenvalue weighted by Gasteiger charge is 2.27.